The van der Waals surface area contributed by atoms with Crippen LogP contribution in [0.4, 0.5) is 0 Å². The van der Waals surface area contributed by atoms with Gasteiger partial charge in [0.15, 0.2) is 0 Å². The number of hydrogen-bond acceptors (Lipinski definition) is 3. The van der Waals surface area contributed by atoms with E-state index in [4.69, 9.17) is 9.47 Å². The Morgan fingerprint density at radius 3 is 2.58 bits per heavy atom. The van der Waals surface area contributed by atoms with E-state index in [9.17, 15) is 4.79 Å². The Bertz CT molecular complexity index is 236. The Hall–Kier alpha value is -0.570. The van der Waals surface area contributed by atoms with Crippen molar-refractivity contribution in [2.45, 2.75) is 77.7 Å². The predicted molar refractivity (Wildman–Crippen MR) is 77.1 cm³/mol. The van der Waals surface area contributed by atoms with Crippen LogP contribution >= 0.6 is 0 Å². The highest BCUT2D eigenvalue weighted by atomic mass is 16.6. The highest BCUT2D eigenvalue weighted by molar-refractivity contribution is 5.69. The molecule has 0 radical (unpaired) electrons. The van der Waals surface area contributed by atoms with Gasteiger partial charge in [0.1, 0.15) is 12.7 Å². The molecule has 1 aliphatic rings. The summed E-state index contributed by atoms with van der Waals surface area (Å²) in [5.74, 6) is 0.801. The molecule has 1 aliphatic heterocycles. The smallest absolute Gasteiger partial charge is 0.305 e. The van der Waals surface area contributed by atoms with Crippen molar-refractivity contribution in [2.75, 3.05) is 13.2 Å². The van der Waals surface area contributed by atoms with Gasteiger partial charge in [-0.05, 0) is 12.3 Å². The summed E-state index contributed by atoms with van der Waals surface area (Å²) >= 11 is 0. The first kappa shape index (κ1) is 16.5. The molecule has 1 heterocycles. The van der Waals surface area contributed by atoms with Gasteiger partial charge >= 0.3 is 5.97 Å². The van der Waals surface area contributed by atoms with Gasteiger partial charge in [-0.25, -0.2) is 0 Å². The summed E-state index contributed by atoms with van der Waals surface area (Å²) in [6.07, 6.45) is 10.8. The zero-order valence-corrected chi connectivity index (χ0v) is 12.7. The van der Waals surface area contributed by atoms with E-state index in [1.54, 1.807) is 0 Å². The maximum atomic E-state index is 11.4. The number of hydrogen-bond donors (Lipinski definition) is 0. The molecule has 0 aromatic rings. The van der Waals surface area contributed by atoms with E-state index in [2.05, 4.69) is 13.8 Å². The van der Waals surface area contributed by atoms with Crippen LogP contribution in [0.5, 0.6) is 0 Å². The second kappa shape index (κ2) is 10.2. The van der Waals surface area contributed by atoms with Crippen LogP contribution in [0.3, 0.4) is 0 Å². The van der Waals surface area contributed by atoms with Gasteiger partial charge in [-0.2, -0.15) is 0 Å². The first-order valence-electron chi connectivity index (χ1n) is 7.99. The van der Waals surface area contributed by atoms with E-state index < -0.39 is 0 Å². The maximum Gasteiger partial charge on any atom is 0.305 e. The number of ether oxygens (including phenoxy) is 2. The molecular formula is C16H30O3. The summed E-state index contributed by atoms with van der Waals surface area (Å²) < 4.78 is 10.1. The Morgan fingerprint density at radius 1 is 1.21 bits per heavy atom. The minimum Gasteiger partial charge on any atom is -0.463 e. The maximum absolute atomic E-state index is 11.4. The standard InChI is InChI=1S/C16H30O3/c1-3-4-9-14(2)10-7-5-6-8-11-16(17)19-13-15-12-18-15/h14-15H,3-13H2,1-2H3. The Kier molecular flexibility index (Phi) is 8.89. The number of rotatable bonds is 12. The van der Waals surface area contributed by atoms with Crippen molar-refractivity contribution in [1.82, 2.24) is 0 Å². The quantitative estimate of drug-likeness (QED) is 0.304. The average molecular weight is 270 g/mol. The monoisotopic (exact) mass is 270 g/mol. The second-order valence-corrected chi connectivity index (χ2v) is 5.84. The predicted octanol–water partition coefficient (Wildman–Crippen LogP) is 4.10. The van der Waals surface area contributed by atoms with E-state index in [0.717, 1.165) is 25.4 Å². The highest BCUT2D eigenvalue weighted by Gasteiger charge is 2.23. The van der Waals surface area contributed by atoms with Crippen LogP contribution in [-0.2, 0) is 14.3 Å². The van der Waals surface area contributed by atoms with Gasteiger partial charge in [0.25, 0.3) is 0 Å². The van der Waals surface area contributed by atoms with Crippen molar-refractivity contribution < 1.29 is 14.3 Å². The summed E-state index contributed by atoms with van der Waals surface area (Å²) in [5, 5.41) is 0. The van der Waals surface area contributed by atoms with Crippen molar-refractivity contribution in [3.8, 4) is 0 Å². The summed E-state index contributed by atoms with van der Waals surface area (Å²) in [4.78, 5) is 11.4. The zero-order chi connectivity index (χ0) is 13.9. The minimum atomic E-state index is -0.0631. The Labute approximate surface area is 118 Å². The molecule has 0 aromatic carbocycles. The van der Waals surface area contributed by atoms with Gasteiger partial charge in [-0.3, -0.25) is 4.79 Å². The van der Waals surface area contributed by atoms with Crippen LogP contribution in [0.25, 0.3) is 0 Å². The molecule has 0 N–H and O–H groups in total. The molecule has 2 atom stereocenters. The lowest BCUT2D eigenvalue weighted by Crippen LogP contribution is -2.09. The first-order valence-corrected chi connectivity index (χ1v) is 7.99. The van der Waals surface area contributed by atoms with Gasteiger partial charge in [0.2, 0.25) is 0 Å². The Morgan fingerprint density at radius 2 is 1.89 bits per heavy atom. The molecule has 0 aliphatic carbocycles. The van der Waals surface area contributed by atoms with Crippen LogP contribution in [0.1, 0.15) is 71.6 Å². The zero-order valence-electron chi connectivity index (χ0n) is 12.7. The molecule has 1 fully saturated rings. The highest BCUT2D eigenvalue weighted by Crippen LogP contribution is 2.16. The molecule has 2 unspecified atom stereocenters. The van der Waals surface area contributed by atoms with Crippen molar-refractivity contribution in [1.29, 1.82) is 0 Å². The fourth-order valence-electron chi connectivity index (χ4n) is 2.23. The van der Waals surface area contributed by atoms with Gasteiger partial charge in [0.05, 0.1) is 6.61 Å². The summed E-state index contributed by atoms with van der Waals surface area (Å²) in [7, 11) is 0. The van der Waals surface area contributed by atoms with Crippen LogP contribution < -0.4 is 0 Å². The summed E-state index contributed by atoms with van der Waals surface area (Å²) in [6, 6.07) is 0. The first-order chi connectivity index (χ1) is 9.22. The summed E-state index contributed by atoms with van der Waals surface area (Å²) in [5.41, 5.74) is 0. The molecule has 1 saturated heterocycles. The number of carbonyl (C=O) groups is 1. The molecule has 1 rings (SSSR count). The molecular weight excluding hydrogens is 240 g/mol. The van der Waals surface area contributed by atoms with Crippen molar-refractivity contribution >= 4 is 5.97 Å². The van der Waals surface area contributed by atoms with E-state index in [1.165, 1.54) is 38.5 Å². The number of epoxide rings is 1. The molecule has 3 nitrogen and oxygen atoms in total. The molecule has 0 saturated carbocycles. The molecule has 19 heavy (non-hydrogen) atoms. The van der Waals surface area contributed by atoms with Gasteiger partial charge in [-0.1, -0.05) is 58.8 Å². The lowest BCUT2D eigenvalue weighted by molar-refractivity contribution is -0.144. The average Bonchev–Trinajstić information content (AvgIpc) is 3.22. The lowest BCUT2D eigenvalue weighted by atomic mass is 9.97. The molecule has 0 spiro atoms. The van der Waals surface area contributed by atoms with E-state index >= 15 is 0 Å². The number of esters is 1. The van der Waals surface area contributed by atoms with Crippen LogP contribution in [0.2, 0.25) is 0 Å². The second-order valence-electron chi connectivity index (χ2n) is 5.84. The molecule has 0 bridgehead atoms. The van der Waals surface area contributed by atoms with Crippen molar-refractivity contribution in [2.24, 2.45) is 5.92 Å². The van der Waals surface area contributed by atoms with Crippen molar-refractivity contribution in [3.63, 3.8) is 0 Å². The van der Waals surface area contributed by atoms with Crippen LogP contribution in [0, 0.1) is 5.92 Å². The Balaban J connectivity index is 1.80. The topological polar surface area (TPSA) is 38.8 Å². The number of unbranched alkanes of at least 4 members (excludes halogenated alkanes) is 4. The van der Waals surface area contributed by atoms with Gasteiger partial charge in [0, 0.05) is 6.42 Å². The SMILES string of the molecule is CCCCC(C)CCCCCCC(=O)OCC1CO1. The van der Waals surface area contributed by atoms with E-state index in [1.807, 2.05) is 0 Å². The van der Waals surface area contributed by atoms with Gasteiger partial charge < -0.3 is 9.47 Å². The van der Waals surface area contributed by atoms with Gasteiger partial charge in [-0.15, -0.1) is 0 Å². The third-order valence-corrected chi connectivity index (χ3v) is 3.71. The van der Waals surface area contributed by atoms with Crippen LogP contribution in [0.15, 0.2) is 0 Å². The molecule has 112 valence electrons. The molecule has 0 aromatic heterocycles. The van der Waals surface area contributed by atoms with E-state index in [-0.39, 0.29) is 12.1 Å². The normalized spacial score (nSPS) is 19.2. The van der Waals surface area contributed by atoms with Crippen molar-refractivity contribution in [3.05, 3.63) is 0 Å². The lowest BCUT2D eigenvalue weighted by Gasteiger charge is -2.10. The summed E-state index contributed by atoms with van der Waals surface area (Å²) in [6.45, 7) is 5.81. The molecule has 0 amide bonds. The molecule has 3 heteroatoms. The number of carbonyl (C=O) groups excluding carboxylic acids is 1. The third kappa shape index (κ3) is 9.94. The van der Waals surface area contributed by atoms with Crippen LogP contribution in [-0.4, -0.2) is 25.3 Å². The fourth-order valence-corrected chi connectivity index (χ4v) is 2.23. The van der Waals surface area contributed by atoms with E-state index in [0.29, 0.717) is 13.0 Å². The third-order valence-electron chi connectivity index (χ3n) is 3.71. The minimum absolute atomic E-state index is 0.0631. The largest absolute Gasteiger partial charge is 0.463 e. The fraction of sp³-hybridized carbons (Fsp3) is 0.938.